The SMILES string of the molecule is CC(C)c1ccccc1NC(=O)Cc1csc(-c2ccc(CN3CCN(C)CC3)cc2)n1. The molecule has 1 aliphatic rings. The summed E-state index contributed by atoms with van der Waals surface area (Å²) in [6, 6.07) is 16.7. The Bertz CT molecular complexity index is 1040. The van der Waals surface area contributed by atoms with Crippen LogP contribution in [0.3, 0.4) is 0 Å². The van der Waals surface area contributed by atoms with Crippen LogP contribution in [-0.4, -0.2) is 53.9 Å². The molecule has 1 amide bonds. The smallest absolute Gasteiger partial charge is 0.230 e. The molecule has 0 saturated carbocycles. The monoisotopic (exact) mass is 448 g/mol. The largest absolute Gasteiger partial charge is 0.325 e. The molecule has 168 valence electrons. The van der Waals surface area contributed by atoms with Crippen LogP contribution in [0.25, 0.3) is 10.6 Å². The second kappa shape index (κ2) is 10.4. The van der Waals surface area contributed by atoms with Gasteiger partial charge in [-0.15, -0.1) is 11.3 Å². The van der Waals surface area contributed by atoms with Gasteiger partial charge in [-0.2, -0.15) is 0 Å². The van der Waals surface area contributed by atoms with E-state index in [4.69, 9.17) is 4.98 Å². The predicted molar refractivity (Wildman–Crippen MR) is 133 cm³/mol. The Morgan fingerprint density at radius 2 is 1.78 bits per heavy atom. The number of amides is 1. The van der Waals surface area contributed by atoms with Crippen molar-refractivity contribution >= 4 is 22.9 Å². The summed E-state index contributed by atoms with van der Waals surface area (Å²) in [5, 5.41) is 6.00. The number of hydrogen-bond acceptors (Lipinski definition) is 5. The molecular weight excluding hydrogens is 416 g/mol. The van der Waals surface area contributed by atoms with Gasteiger partial charge in [-0.05, 0) is 30.2 Å². The van der Waals surface area contributed by atoms with E-state index in [1.165, 1.54) is 5.56 Å². The first-order valence-corrected chi connectivity index (χ1v) is 12.2. The van der Waals surface area contributed by atoms with Gasteiger partial charge >= 0.3 is 0 Å². The number of aromatic nitrogens is 1. The maximum absolute atomic E-state index is 12.6. The minimum Gasteiger partial charge on any atom is -0.325 e. The first kappa shape index (κ1) is 22.6. The minimum atomic E-state index is -0.0301. The first-order valence-electron chi connectivity index (χ1n) is 11.3. The summed E-state index contributed by atoms with van der Waals surface area (Å²) in [6.45, 7) is 9.78. The highest BCUT2D eigenvalue weighted by atomic mass is 32.1. The fourth-order valence-electron chi connectivity index (χ4n) is 4.01. The van der Waals surface area contributed by atoms with E-state index in [2.05, 4.69) is 66.3 Å². The Hall–Kier alpha value is -2.54. The number of rotatable bonds is 7. The van der Waals surface area contributed by atoms with Gasteiger partial charge in [0.2, 0.25) is 5.91 Å². The molecule has 3 aromatic rings. The number of benzene rings is 2. The van der Waals surface area contributed by atoms with Crippen LogP contribution in [0.1, 0.15) is 36.6 Å². The molecule has 4 rings (SSSR count). The summed E-state index contributed by atoms with van der Waals surface area (Å²) in [7, 11) is 2.18. The molecule has 2 aromatic carbocycles. The van der Waals surface area contributed by atoms with Crippen LogP contribution in [0.4, 0.5) is 5.69 Å². The minimum absolute atomic E-state index is 0.0301. The summed E-state index contributed by atoms with van der Waals surface area (Å²) < 4.78 is 0. The van der Waals surface area contributed by atoms with E-state index in [1.54, 1.807) is 11.3 Å². The van der Waals surface area contributed by atoms with Crippen molar-refractivity contribution in [1.82, 2.24) is 14.8 Å². The van der Waals surface area contributed by atoms with Gasteiger partial charge in [-0.3, -0.25) is 9.69 Å². The van der Waals surface area contributed by atoms with E-state index < -0.39 is 0 Å². The zero-order valence-corrected chi connectivity index (χ0v) is 20.0. The molecule has 0 spiro atoms. The van der Waals surface area contributed by atoms with E-state index >= 15 is 0 Å². The van der Waals surface area contributed by atoms with Crippen molar-refractivity contribution in [3.05, 3.63) is 70.7 Å². The average molecular weight is 449 g/mol. The van der Waals surface area contributed by atoms with Gasteiger partial charge in [0.05, 0.1) is 12.1 Å². The number of hydrogen-bond donors (Lipinski definition) is 1. The molecule has 1 aliphatic heterocycles. The lowest BCUT2D eigenvalue weighted by Crippen LogP contribution is -2.43. The van der Waals surface area contributed by atoms with E-state index in [-0.39, 0.29) is 12.3 Å². The van der Waals surface area contributed by atoms with Crippen LogP contribution >= 0.6 is 11.3 Å². The van der Waals surface area contributed by atoms with Crippen molar-refractivity contribution in [2.75, 3.05) is 38.5 Å². The van der Waals surface area contributed by atoms with E-state index in [1.807, 2.05) is 23.6 Å². The van der Waals surface area contributed by atoms with Crippen LogP contribution in [0.15, 0.2) is 53.9 Å². The molecule has 1 aromatic heterocycles. The van der Waals surface area contributed by atoms with E-state index in [9.17, 15) is 4.79 Å². The fraction of sp³-hybridized carbons (Fsp3) is 0.385. The van der Waals surface area contributed by atoms with E-state index in [0.717, 1.165) is 60.2 Å². The molecule has 5 nitrogen and oxygen atoms in total. The number of anilines is 1. The predicted octanol–water partition coefficient (Wildman–Crippen LogP) is 4.86. The number of para-hydroxylation sites is 1. The van der Waals surface area contributed by atoms with Crippen LogP contribution in [0, 0.1) is 0 Å². The summed E-state index contributed by atoms with van der Waals surface area (Å²) in [5.41, 5.74) is 5.29. The standard InChI is InChI=1S/C26H32N4OS/c1-19(2)23-6-4-5-7-24(23)28-25(31)16-22-18-32-26(27-22)21-10-8-20(9-11-21)17-30-14-12-29(3)13-15-30/h4-11,18-19H,12-17H2,1-3H3,(H,28,31). The molecule has 0 unspecified atom stereocenters. The number of piperazine rings is 1. The highest BCUT2D eigenvalue weighted by molar-refractivity contribution is 7.13. The van der Waals surface area contributed by atoms with Gasteiger partial charge in [0.15, 0.2) is 0 Å². The zero-order chi connectivity index (χ0) is 22.5. The second-order valence-corrected chi connectivity index (χ2v) is 9.75. The summed E-state index contributed by atoms with van der Waals surface area (Å²) in [5.74, 6) is 0.328. The highest BCUT2D eigenvalue weighted by Crippen LogP contribution is 2.26. The van der Waals surface area contributed by atoms with Crippen molar-refractivity contribution in [2.24, 2.45) is 0 Å². The van der Waals surface area contributed by atoms with Gasteiger partial charge in [-0.25, -0.2) is 4.98 Å². The maximum Gasteiger partial charge on any atom is 0.230 e. The number of carbonyl (C=O) groups excluding carboxylic acids is 1. The first-order chi connectivity index (χ1) is 15.5. The Balaban J connectivity index is 1.35. The average Bonchev–Trinajstić information content (AvgIpc) is 3.24. The Labute approximate surface area is 195 Å². The van der Waals surface area contributed by atoms with Crippen molar-refractivity contribution < 1.29 is 4.79 Å². The fourth-order valence-corrected chi connectivity index (χ4v) is 4.84. The third-order valence-corrected chi connectivity index (χ3v) is 6.89. The Morgan fingerprint density at radius 1 is 1.06 bits per heavy atom. The van der Waals surface area contributed by atoms with Gasteiger partial charge in [0, 0.05) is 49.4 Å². The zero-order valence-electron chi connectivity index (χ0n) is 19.2. The van der Waals surface area contributed by atoms with Gasteiger partial charge in [0.25, 0.3) is 0 Å². The Morgan fingerprint density at radius 3 is 2.50 bits per heavy atom. The van der Waals surface area contributed by atoms with Crippen molar-refractivity contribution in [3.63, 3.8) is 0 Å². The van der Waals surface area contributed by atoms with Crippen molar-refractivity contribution in [2.45, 2.75) is 32.7 Å². The third kappa shape index (κ3) is 5.82. The summed E-state index contributed by atoms with van der Waals surface area (Å²) in [6.07, 6.45) is 0.282. The molecule has 1 saturated heterocycles. The normalized spacial score (nSPS) is 15.2. The maximum atomic E-state index is 12.6. The lowest BCUT2D eigenvalue weighted by Gasteiger charge is -2.32. The number of nitrogens with zero attached hydrogens (tertiary/aromatic N) is 3. The summed E-state index contributed by atoms with van der Waals surface area (Å²) in [4.78, 5) is 22.2. The molecule has 32 heavy (non-hydrogen) atoms. The van der Waals surface area contributed by atoms with Gasteiger partial charge in [-0.1, -0.05) is 56.3 Å². The molecule has 0 aliphatic carbocycles. The molecule has 1 N–H and O–H groups in total. The number of nitrogens with one attached hydrogen (secondary N) is 1. The molecule has 0 radical (unpaired) electrons. The van der Waals surface area contributed by atoms with Crippen LogP contribution in [-0.2, 0) is 17.8 Å². The second-order valence-electron chi connectivity index (χ2n) is 8.89. The molecule has 1 fully saturated rings. The highest BCUT2D eigenvalue weighted by Gasteiger charge is 2.15. The number of thiazole rings is 1. The van der Waals surface area contributed by atoms with Crippen molar-refractivity contribution in [1.29, 1.82) is 0 Å². The number of likely N-dealkylation sites (N-methyl/N-ethyl adjacent to an activating group) is 1. The molecule has 2 heterocycles. The third-order valence-electron chi connectivity index (χ3n) is 5.95. The Kier molecular flexibility index (Phi) is 7.35. The van der Waals surface area contributed by atoms with Crippen LogP contribution in [0.2, 0.25) is 0 Å². The van der Waals surface area contributed by atoms with Crippen LogP contribution in [0.5, 0.6) is 0 Å². The van der Waals surface area contributed by atoms with Crippen molar-refractivity contribution in [3.8, 4) is 10.6 Å². The quantitative estimate of drug-likeness (QED) is 0.561. The summed E-state index contributed by atoms with van der Waals surface area (Å²) >= 11 is 1.59. The van der Waals surface area contributed by atoms with Crippen LogP contribution < -0.4 is 5.32 Å². The van der Waals surface area contributed by atoms with Gasteiger partial charge < -0.3 is 10.2 Å². The molecule has 0 bridgehead atoms. The number of carbonyl (C=O) groups is 1. The van der Waals surface area contributed by atoms with Gasteiger partial charge in [0.1, 0.15) is 5.01 Å². The lowest BCUT2D eigenvalue weighted by molar-refractivity contribution is -0.115. The molecule has 6 heteroatoms. The molecular formula is C26H32N4OS. The molecule has 0 atom stereocenters. The van der Waals surface area contributed by atoms with E-state index in [0.29, 0.717) is 5.92 Å². The lowest BCUT2D eigenvalue weighted by atomic mass is 10.0. The topological polar surface area (TPSA) is 48.5 Å².